The maximum absolute atomic E-state index is 11.5. The quantitative estimate of drug-likeness (QED) is 0.430. The van der Waals surface area contributed by atoms with Crippen molar-refractivity contribution in [2.75, 3.05) is 6.61 Å². The largest absolute Gasteiger partial charge is 0.494 e. The van der Waals surface area contributed by atoms with Crippen LogP contribution in [0.3, 0.4) is 0 Å². The highest BCUT2D eigenvalue weighted by molar-refractivity contribution is 5.80. The minimum Gasteiger partial charge on any atom is -0.494 e. The first-order chi connectivity index (χ1) is 10.7. The average molecular weight is 304 g/mol. The van der Waals surface area contributed by atoms with E-state index in [-0.39, 0.29) is 5.92 Å². The molecule has 124 valence electrons. The topological polar surface area (TPSA) is 26.3 Å². The lowest BCUT2D eigenvalue weighted by Gasteiger charge is -2.06. The van der Waals surface area contributed by atoms with Gasteiger partial charge < -0.3 is 4.74 Å². The Morgan fingerprint density at radius 2 is 1.41 bits per heavy atom. The summed E-state index contributed by atoms with van der Waals surface area (Å²) in [5.41, 5.74) is 0. The summed E-state index contributed by atoms with van der Waals surface area (Å²) in [5, 5.41) is 0. The molecule has 2 heteroatoms. The maximum Gasteiger partial charge on any atom is 0.135 e. The van der Waals surface area contributed by atoms with E-state index in [1.165, 1.54) is 38.5 Å². The van der Waals surface area contributed by atoms with Crippen molar-refractivity contribution >= 4 is 5.78 Å². The molecule has 0 amide bonds. The first kappa shape index (κ1) is 18.7. The molecule has 0 bridgehead atoms. The van der Waals surface area contributed by atoms with Gasteiger partial charge in [-0.1, -0.05) is 70.6 Å². The van der Waals surface area contributed by atoms with Gasteiger partial charge in [0.25, 0.3) is 0 Å². The molecular formula is C20H32O2. The summed E-state index contributed by atoms with van der Waals surface area (Å²) in [6, 6.07) is 10.0. The predicted octanol–water partition coefficient (Wildman–Crippen LogP) is 5.80. The molecule has 0 spiro atoms. The SMILES string of the molecule is CC(C)C(=O)CCCCCCCCCCOc1ccccc1. The van der Waals surface area contributed by atoms with Gasteiger partial charge in [0.05, 0.1) is 6.61 Å². The van der Waals surface area contributed by atoms with Crippen molar-refractivity contribution in [3.05, 3.63) is 30.3 Å². The van der Waals surface area contributed by atoms with Gasteiger partial charge in [0.15, 0.2) is 0 Å². The molecule has 1 aromatic rings. The molecule has 0 radical (unpaired) electrons. The summed E-state index contributed by atoms with van der Waals surface area (Å²) in [4.78, 5) is 11.5. The maximum atomic E-state index is 11.5. The van der Waals surface area contributed by atoms with Crippen LogP contribution in [-0.4, -0.2) is 12.4 Å². The summed E-state index contributed by atoms with van der Waals surface area (Å²) < 4.78 is 5.68. The molecule has 1 rings (SSSR count). The molecule has 0 heterocycles. The van der Waals surface area contributed by atoms with Crippen LogP contribution in [0.2, 0.25) is 0 Å². The third-order valence-electron chi connectivity index (χ3n) is 3.97. The standard InChI is InChI=1S/C20H32O2/c1-18(2)20(21)16-12-7-5-3-4-6-8-13-17-22-19-14-10-9-11-15-19/h9-11,14-15,18H,3-8,12-13,16-17H2,1-2H3. The smallest absolute Gasteiger partial charge is 0.135 e. The van der Waals surface area contributed by atoms with Crippen LogP contribution in [0.25, 0.3) is 0 Å². The van der Waals surface area contributed by atoms with Gasteiger partial charge in [-0.2, -0.15) is 0 Å². The van der Waals surface area contributed by atoms with Crippen molar-refractivity contribution in [3.63, 3.8) is 0 Å². The second kappa shape index (κ2) is 12.3. The molecule has 0 aliphatic carbocycles. The number of hydrogen-bond acceptors (Lipinski definition) is 2. The Labute approximate surface area is 136 Å². The third kappa shape index (κ3) is 9.59. The number of para-hydroxylation sites is 1. The van der Waals surface area contributed by atoms with Gasteiger partial charge in [0, 0.05) is 12.3 Å². The average Bonchev–Trinajstić information content (AvgIpc) is 2.53. The van der Waals surface area contributed by atoms with Crippen LogP contribution in [0.15, 0.2) is 30.3 Å². The Hall–Kier alpha value is -1.31. The van der Waals surface area contributed by atoms with Gasteiger partial charge in [-0.05, 0) is 25.0 Å². The number of ketones is 1. The van der Waals surface area contributed by atoms with E-state index in [2.05, 4.69) is 0 Å². The van der Waals surface area contributed by atoms with E-state index in [4.69, 9.17) is 4.74 Å². The molecule has 0 N–H and O–H groups in total. The molecule has 0 aromatic heterocycles. The van der Waals surface area contributed by atoms with Crippen molar-refractivity contribution < 1.29 is 9.53 Å². The van der Waals surface area contributed by atoms with Gasteiger partial charge in [-0.3, -0.25) is 4.79 Å². The summed E-state index contributed by atoms with van der Waals surface area (Å²) >= 11 is 0. The van der Waals surface area contributed by atoms with E-state index in [1.54, 1.807) is 0 Å². The van der Waals surface area contributed by atoms with E-state index >= 15 is 0 Å². The molecule has 0 saturated carbocycles. The monoisotopic (exact) mass is 304 g/mol. The lowest BCUT2D eigenvalue weighted by molar-refractivity contribution is -0.122. The zero-order valence-corrected chi connectivity index (χ0v) is 14.4. The third-order valence-corrected chi connectivity index (χ3v) is 3.97. The Morgan fingerprint density at radius 3 is 2.00 bits per heavy atom. The number of benzene rings is 1. The van der Waals surface area contributed by atoms with Crippen LogP contribution in [-0.2, 0) is 4.79 Å². The van der Waals surface area contributed by atoms with Crippen molar-refractivity contribution in [2.24, 2.45) is 5.92 Å². The predicted molar refractivity (Wildman–Crippen MR) is 93.3 cm³/mol. The minimum atomic E-state index is 0.207. The number of carbonyl (C=O) groups excluding carboxylic acids is 1. The molecule has 0 aliphatic rings. The van der Waals surface area contributed by atoms with Crippen LogP contribution < -0.4 is 4.74 Å². The van der Waals surface area contributed by atoms with Crippen molar-refractivity contribution in [1.82, 2.24) is 0 Å². The normalized spacial score (nSPS) is 10.9. The summed E-state index contributed by atoms with van der Waals surface area (Å²) in [6.45, 7) is 4.80. The fourth-order valence-electron chi connectivity index (χ4n) is 2.46. The first-order valence-electron chi connectivity index (χ1n) is 8.90. The molecular weight excluding hydrogens is 272 g/mol. The zero-order valence-electron chi connectivity index (χ0n) is 14.4. The van der Waals surface area contributed by atoms with Crippen LogP contribution in [0.1, 0.15) is 71.6 Å². The summed E-state index contributed by atoms with van der Waals surface area (Å²) in [5.74, 6) is 1.59. The summed E-state index contributed by atoms with van der Waals surface area (Å²) in [6.07, 6.45) is 10.6. The number of ether oxygens (including phenoxy) is 1. The molecule has 1 aromatic carbocycles. The minimum absolute atomic E-state index is 0.207. The van der Waals surface area contributed by atoms with Gasteiger partial charge in [-0.25, -0.2) is 0 Å². The number of carbonyl (C=O) groups is 1. The second-order valence-corrected chi connectivity index (χ2v) is 6.36. The molecule has 2 nitrogen and oxygen atoms in total. The van der Waals surface area contributed by atoms with Crippen molar-refractivity contribution in [2.45, 2.75) is 71.6 Å². The number of rotatable bonds is 13. The summed E-state index contributed by atoms with van der Waals surface area (Å²) in [7, 11) is 0. The van der Waals surface area contributed by atoms with Crippen molar-refractivity contribution in [1.29, 1.82) is 0 Å². The van der Waals surface area contributed by atoms with Gasteiger partial charge >= 0.3 is 0 Å². The molecule has 0 atom stereocenters. The van der Waals surface area contributed by atoms with E-state index in [0.29, 0.717) is 5.78 Å². The lowest BCUT2D eigenvalue weighted by Crippen LogP contribution is -2.05. The Bertz CT molecular complexity index is 384. The van der Waals surface area contributed by atoms with E-state index in [9.17, 15) is 4.79 Å². The molecule has 0 fully saturated rings. The first-order valence-corrected chi connectivity index (χ1v) is 8.90. The van der Waals surface area contributed by atoms with Gasteiger partial charge in [-0.15, -0.1) is 0 Å². The zero-order chi connectivity index (χ0) is 16.0. The highest BCUT2D eigenvalue weighted by atomic mass is 16.5. The van der Waals surface area contributed by atoms with E-state index in [0.717, 1.165) is 31.6 Å². The van der Waals surface area contributed by atoms with Crippen LogP contribution in [0.4, 0.5) is 0 Å². The van der Waals surface area contributed by atoms with E-state index < -0.39 is 0 Å². The molecule has 0 unspecified atom stereocenters. The lowest BCUT2D eigenvalue weighted by atomic mass is 10.0. The van der Waals surface area contributed by atoms with Gasteiger partial charge in [0.2, 0.25) is 0 Å². The highest BCUT2D eigenvalue weighted by Crippen LogP contribution is 2.12. The second-order valence-electron chi connectivity index (χ2n) is 6.36. The molecule has 22 heavy (non-hydrogen) atoms. The van der Waals surface area contributed by atoms with Crippen LogP contribution in [0.5, 0.6) is 5.75 Å². The fraction of sp³-hybridized carbons (Fsp3) is 0.650. The number of hydrogen-bond donors (Lipinski definition) is 0. The fourth-order valence-corrected chi connectivity index (χ4v) is 2.46. The highest BCUT2D eigenvalue weighted by Gasteiger charge is 2.05. The number of unbranched alkanes of at least 4 members (excludes halogenated alkanes) is 7. The van der Waals surface area contributed by atoms with Crippen molar-refractivity contribution in [3.8, 4) is 5.75 Å². The Kier molecular flexibility index (Phi) is 10.4. The van der Waals surface area contributed by atoms with E-state index in [1.807, 2.05) is 44.2 Å². The molecule has 0 saturated heterocycles. The van der Waals surface area contributed by atoms with Gasteiger partial charge in [0.1, 0.15) is 11.5 Å². The van der Waals surface area contributed by atoms with Crippen LogP contribution in [0, 0.1) is 5.92 Å². The Morgan fingerprint density at radius 1 is 0.864 bits per heavy atom. The number of Topliss-reactive ketones (excluding diaryl/α,β-unsaturated/α-hetero) is 1. The van der Waals surface area contributed by atoms with Crippen LogP contribution >= 0.6 is 0 Å². The molecule has 0 aliphatic heterocycles. The Balaban J connectivity index is 1.81.